The molecule has 1 N–H and O–H groups in total. The molecular formula is C44H84I3N4O2V-. The monoisotopic (exact) mass is 1130 g/mol. The van der Waals surface area contributed by atoms with Crippen LogP contribution in [0.4, 0.5) is 0 Å². The minimum atomic E-state index is 0. The Morgan fingerprint density at radius 1 is 0.519 bits per heavy atom. The molecule has 54 heavy (non-hydrogen) atoms. The molecular weight excluding hydrogens is 1050 g/mol. The topological polar surface area (TPSA) is 42.4 Å². The van der Waals surface area contributed by atoms with Crippen LogP contribution in [0.5, 0.6) is 5.75 Å². The number of likely N-dealkylation sites (N-methyl/N-ethyl adjacent to an activating group) is 2. The Hall–Kier alpha value is 0.0344. The van der Waals surface area contributed by atoms with Gasteiger partial charge in [0.2, 0.25) is 0 Å². The van der Waals surface area contributed by atoms with E-state index < -0.39 is 0 Å². The van der Waals surface area contributed by atoms with Crippen LogP contribution >= 0.6 is 67.8 Å². The van der Waals surface area contributed by atoms with Crippen molar-refractivity contribution in [2.75, 3.05) is 80.7 Å². The Bertz CT molecular complexity index is 936. The van der Waals surface area contributed by atoms with Gasteiger partial charge in [-0.3, -0.25) is 9.80 Å². The van der Waals surface area contributed by atoms with Gasteiger partial charge in [-0.2, -0.15) is 0 Å². The maximum atomic E-state index is 7.00. The molecule has 2 aliphatic rings. The predicted octanol–water partition coefficient (Wildman–Crippen LogP) is 12.6. The van der Waals surface area contributed by atoms with Crippen LogP contribution in [0.3, 0.4) is 0 Å². The molecule has 10 heteroatoms. The third-order valence-corrected chi connectivity index (χ3v) is 6.67. The largest absolute Gasteiger partial charge is 0.497 e. The van der Waals surface area contributed by atoms with Crippen LogP contribution in [0.1, 0.15) is 81.4 Å². The molecule has 0 spiro atoms. The van der Waals surface area contributed by atoms with Crippen molar-refractivity contribution in [2.24, 2.45) is 0 Å². The van der Waals surface area contributed by atoms with Gasteiger partial charge in [0.05, 0.1) is 7.11 Å². The summed E-state index contributed by atoms with van der Waals surface area (Å²) in [5.74, 6) is 0.910. The zero-order chi connectivity index (χ0) is 39.0. The Morgan fingerprint density at radius 2 is 0.741 bits per heavy atom. The fraction of sp³-hybridized carbons (Fsp3) is 0.568. The summed E-state index contributed by atoms with van der Waals surface area (Å²) in [6.07, 6.45) is 0. The van der Waals surface area contributed by atoms with E-state index in [-0.39, 0.29) is 40.8 Å². The second-order valence-electron chi connectivity index (χ2n) is 9.89. The molecule has 1 radical (unpaired) electrons. The molecule has 0 aromatic heterocycles. The van der Waals surface area contributed by atoms with Crippen molar-refractivity contribution >= 4 is 67.8 Å². The van der Waals surface area contributed by atoms with Gasteiger partial charge in [0.1, 0.15) is 5.69 Å². The fourth-order valence-corrected chi connectivity index (χ4v) is 4.25. The summed E-state index contributed by atoms with van der Waals surface area (Å²) in [5, 5.41) is 7.00. The van der Waals surface area contributed by atoms with E-state index in [0.29, 0.717) is 0 Å². The molecule has 0 saturated carbocycles. The minimum Gasteiger partial charge on any atom is -0.497 e. The van der Waals surface area contributed by atoms with E-state index in [0.717, 1.165) is 25.9 Å². The maximum Gasteiger partial charge on any atom is 0.118 e. The first-order chi connectivity index (χ1) is 24.4. The van der Waals surface area contributed by atoms with Crippen molar-refractivity contribution in [3.8, 4) is 5.75 Å². The number of halogens is 3. The molecule has 5 rings (SSSR count). The van der Waals surface area contributed by atoms with E-state index in [1.807, 2.05) is 85.7 Å². The third kappa shape index (κ3) is 46.4. The first-order valence-corrected chi connectivity index (χ1v) is 21.9. The van der Waals surface area contributed by atoms with E-state index in [4.69, 9.17) is 9.84 Å². The number of hydrogen-bond acceptors (Lipinski definition) is 6. The van der Waals surface area contributed by atoms with Gasteiger partial charge in [0.25, 0.3) is 0 Å². The SMILES string of the molecule is C.C.CC.CC.CC.CC.CN1CCN(Cc2ccccc2)CC1.CN1CCN(Cc2ccccc2)CC1.CO.COc1ccccc1.IC(I)I.[CH3-].[V]. The second-order valence-corrected chi connectivity index (χ2v) is 20.8. The van der Waals surface area contributed by atoms with Gasteiger partial charge in [-0.15, -0.1) is 0 Å². The van der Waals surface area contributed by atoms with Gasteiger partial charge in [-0.05, 0) is 37.4 Å². The van der Waals surface area contributed by atoms with Crippen molar-refractivity contribution in [1.82, 2.24) is 19.6 Å². The van der Waals surface area contributed by atoms with E-state index >= 15 is 0 Å². The fourth-order valence-electron chi connectivity index (χ4n) is 4.25. The Morgan fingerprint density at radius 3 is 0.944 bits per heavy atom. The number of rotatable bonds is 5. The van der Waals surface area contributed by atoms with Gasteiger partial charge in [-0.1, -0.05) is 217 Å². The summed E-state index contributed by atoms with van der Waals surface area (Å²) in [5.41, 5.74) is 2.86. The van der Waals surface area contributed by atoms with E-state index in [1.165, 1.54) is 63.5 Å². The number of aliphatic hydroxyl groups is 1. The van der Waals surface area contributed by atoms with Crippen molar-refractivity contribution in [2.45, 2.75) is 83.3 Å². The molecule has 3 aromatic rings. The number of methoxy groups -OCH3 is 1. The molecule has 319 valence electrons. The normalized spacial score (nSPS) is 12.8. The number of ether oxygens (including phenoxy) is 1. The standard InChI is InChI=1S/2C12H18N2.C7H8O.4C2H6.CHI3.CH4O.2CH4.CH3.V/c2*1-13-7-9-14(10-8-13)11-12-5-3-2-4-6-12;1-8-7-5-3-2-4-6-7;4*1-2;2-1(3)4;1-2;;;;/h2*2-6H,7-11H2,1H3;2-6H,1H3;4*1-2H3;1H;2H,1H3;2*1H4;1H3;/q;;;;;;;;;;;-1;. The van der Waals surface area contributed by atoms with Crippen LogP contribution in [0, 0.1) is 7.43 Å². The zero-order valence-electron chi connectivity index (χ0n) is 35.0. The predicted molar refractivity (Wildman–Crippen MR) is 271 cm³/mol. The summed E-state index contributed by atoms with van der Waals surface area (Å²) in [6, 6.07) is 31.1. The number of nitrogens with zero attached hydrogens (tertiary/aromatic N) is 4. The average Bonchev–Trinajstić information content (AvgIpc) is 3.19. The van der Waals surface area contributed by atoms with E-state index in [9.17, 15) is 0 Å². The van der Waals surface area contributed by atoms with Gasteiger partial charge in [0, 0.05) is 91.1 Å². The van der Waals surface area contributed by atoms with Crippen molar-refractivity contribution in [3.63, 3.8) is 0 Å². The van der Waals surface area contributed by atoms with Crippen molar-refractivity contribution in [1.29, 1.82) is 0 Å². The summed E-state index contributed by atoms with van der Waals surface area (Å²) in [7, 11) is 7.05. The van der Waals surface area contributed by atoms with Crippen LogP contribution in [0.2, 0.25) is 0 Å². The van der Waals surface area contributed by atoms with Gasteiger partial charge >= 0.3 is 0 Å². The molecule has 0 unspecified atom stereocenters. The molecule has 0 atom stereocenters. The van der Waals surface area contributed by atoms with Gasteiger partial charge < -0.3 is 27.1 Å². The molecule has 2 saturated heterocycles. The molecule has 0 aliphatic carbocycles. The molecule has 0 amide bonds. The quantitative estimate of drug-likeness (QED) is 0.156. The number of alkyl halides is 3. The Kier molecular flexibility index (Phi) is 76.2. The van der Waals surface area contributed by atoms with Crippen molar-refractivity contribution < 1.29 is 28.4 Å². The number of para-hydroxylation sites is 1. The Labute approximate surface area is 391 Å². The average molecular weight is 1130 g/mol. The van der Waals surface area contributed by atoms with Crippen LogP contribution in [-0.4, -0.2) is 105 Å². The Balaban J connectivity index is -0.0000000828. The molecule has 2 aliphatic heterocycles. The number of aliphatic hydroxyl groups excluding tert-OH is 1. The third-order valence-electron chi connectivity index (χ3n) is 6.67. The van der Waals surface area contributed by atoms with Crippen LogP contribution in [0.15, 0.2) is 91.0 Å². The molecule has 6 nitrogen and oxygen atoms in total. The maximum absolute atomic E-state index is 7.00. The number of piperazine rings is 2. The zero-order valence-corrected chi connectivity index (χ0v) is 42.9. The molecule has 2 heterocycles. The van der Waals surface area contributed by atoms with Crippen molar-refractivity contribution in [3.05, 3.63) is 110 Å². The molecule has 3 aromatic carbocycles. The van der Waals surface area contributed by atoms with Crippen LogP contribution in [0.25, 0.3) is 0 Å². The van der Waals surface area contributed by atoms with Gasteiger partial charge in [-0.25, -0.2) is 0 Å². The first kappa shape index (κ1) is 71.7. The molecule has 0 bridgehead atoms. The molecule has 2 fully saturated rings. The van der Waals surface area contributed by atoms with Crippen LogP contribution in [-0.2, 0) is 31.6 Å². The van der Waals surface area contributed by atoms with E-state index in [1.54, 1.807) is 7.11 Å². The summed E-state index contributed by atoms with van der Waals surface area (Å²) in [6.45, 7) is 27.8. The summed E-state index contributed by atoms with van der Waals surface area (Å²) < 4.78 is 5.66. The summed E-state index contributed by atoms with van der Waals surface area (Å²) >= 11 is 6.95. The summed E-state index contributed by atoms with van der Waals surface area (Å²) in [4.78, 5) is 9.83. The smallest absolute Gasteiger partial charge is 0.118 e. The first-order valence-electron chi connectivity index (χ1n) is 18.2. The second kappa shape index (κ2) is 57.4. The minimum absolute atomic E-state index is 0. The number of hydrogen-bond donors (Lipinski definition) is 1. The van der Waals surface area contributed by atoms with Gasteiger partial charge in [0.15, 0.2) is 0 Å². The van der Waals surface area contributed by atoms with Crippen LogP contribution < -0.4 is 4.74 Å². The number of benzene rings is 3. The van der Waals surface area contributed by atoms with E-state index in [2.05, 4.69) is 162 Å².